The lowest BCUT2D eigenvalue weighted by atomic mass is 10.0. The third-order valence-electron chi connectivity index (χ3n) is 6.34. The Balaban J connectivity index is 1.64. The Morgan fingerprint density at radius 2 is 1.56 bits per heavy atom. The van der Waals surface area contributed by atoms with E-state index < -0.39 is 21.8 Å². The van der Waals surface area contributed by atoms with Crippen LogP contribution in [0, 0.1) is 34.6 Å². The van der Waals surface area contributed by atoms with Crippen LogP contribution in [0.15, 0.2) is 35.2 Å². The summed E-state index contributed by atoms with van der Waals surface area (Å²) < 4.78 is 28.8. The summed E-state index contributed by atoms with van der Waals surface area (Å²) >= 11 is 0. The number of carbonyl (C=O) groups is 2. The zero-order valence-electron chi connectivity index (χ0n) is 20.7. The highest BCUT2D eigenvalue weighted by Gasteiger charge is 2.35. The molecule has 1 saturated heterocycles. The number of nitrogens with zero attached hydrogens (tertiary/aromatic N) is 1. The van der Waals surface area contributed by atoms with Crippen molar-refractivity contribution >= 4 is 27.5 Å². The molecule has 1 aliphatic heterocycles. The number of sulfonamides is 1. The smallest absolute Gasteiger partial charge is 0.313 e. The molecule has 184 valence electrons. The van der Waals surface area contributed by atoms with Gasteiger partial charge in [-0.25, -0.2) is 8.42 Å². The van der Waals surface area contributed by atoms with Crippen molar-refractivity contribution < 1.29 is 18.0 Å². The van der Waals surface area contributed by atoms with Gasteiger partial charge in [-0.1, -0.05) is 41.8 Å². The molecule has 2 aromatic rings. The molecule has 34 heavy (non-hydrogen) atoms. The van der Waals surface area contributed by atoms with Crippen molar-refractivity contribution in [3.63, 3.8) is 0 Å². The predicted octanol–water partition coefficient (Wildman–Crippen LogP) is 3.92. The minimum atomic E-state index is -3.66. The van der Waals surface area contributed by atoms with Gasteiger partial charge in [0.25, 0.3) is 0 Å². The maximum atomic E-state index is 13.6. The SMILES string of the molecule is Cc1ccc(NC(=O)C(=O)NCC[C@H]2CCCCN2S(=O)(=O)c2c(C)cc(C)cc2C)c(C)c1. The molecule has 0 radical (unpaired) electrons. The molecule has 1 fully saturated rings. The van der Waals surface area contributed by atoms with Gasteiger partial charge in [0, 0.05) is 24.8 Å². The molecule has 0 aliphatic carbocycles. The number of amides is 2. The van der Waals surface area contributed by atoms with Gasteiger partial charge in [-0.2, -0.15) is 4.31 Å². The highest BCUT2D eigenvalue weighted by Crippen LogP contribution is 2.31. The van der Waals surface area contributed by atoms with E-state index in [0.29, 0.717) is 23.5 Å². The lowest BCUT2D eigenvalue weighted by Gasteiger charge is -2.35. The van der Waals surface area contributed by atoms with Crippen LogP contribution >= 0.6 is 0 Å². The maximum absolute atomic E-state index is 13.6. The molecule has 7 nitrogen and oxygen atoms in total. The van der Waals surface area contributed by atoms with Crippen LogP contribution in [0.5, 0.6) is 0 Å². The van der Waals surface area contributed by atoms with Crippen molar-refractivity contribution in [3.8, 4) is 0 Å². The standard InChI is InChI=1S/C26H35N3O4S/c1-17-9-10-23(19(3)14-17)28-26(31)25(30)27-12-11-22-8-6-7-13-29(22)34(32,33)24-20(4)15-18(2)16-21(24)5/h9-10,14-16,22H,6-8,11-13H2,1-5H3,(H,27,30)(H,28,31)/t22-/m1/s1. The zero-order valence-corrected chi connectivity index (χ0v) is 21.5. The first-order chi connectivity index (χ1) is 16.0. The van der Waals surface area contributed by atoms with E-state index in [0.717, 1.165) is 47.1 Å². The fraction of sp³-hybridized carbons (Fsp3) is 0.462. The average Bonchev–Trinajstić information content (AvgIpc) is 2.75. The number of aryl methyl sites for hydroxylation is 5. The highest BCUT2D eigenvalue weighted by atomic mass is 32.2. The summed E-state index contributed by atoms with van der Waals surface area (Å²) in [5.41, 5.74) is 5.08. The molecule has 8 heteroatoms. The van der Waals surface area contributed by atoms with Gasteiger partial charge in [-0.15, -0.1) is 0 Å². The number of carbonyl (C=O) groups excluding carboxylic acids is 2. The molecule has 0 saturated carbocycles. The number of hydrogen-bond donors (Lipinski definition) is 2. The molecule has 3 rings (SSSR count). The van der Waals surface area contributed by atoms with E-state index in [9.17, 15) is 18.0 Å². The van der Waals surface area contributed by atoms with E-state index in [2.05, 4.69) is 10.6 Å². The number of rotatable bonds is 6. The molecular formula is C26H35N3O4S. The van der Waals surface area contributed by atoms with Crippen molar-refractivity contribution in [2.24, 2.45) is 0 Å². The van der Waals surface area contributed by atoms with Crippen LogP contribution in [0.25, 0.3) is 0 Å². The van der Waals surface area contributed by atoms with Crippen molar-refractivity contribution in [1.29, 1.82) is 0 Å². The minimum Gasteiger partial charge on any atom is -0.348 e. The van der Waals surface area contributed by atoms with Crippen LogP contribution in [0.2, 0.25) is 0 Å². The molecule has 0 unspecified atom stereocenters. The van der Waals surface area contributed by atoms with Gasteiger partial charge in [0.15, 0.2) is 0 Å². The van der Waals surface area contributed by atoms with E-state index in [1.807, 2.05) is 58.9 Å². The maximum Gasteiger partial charge on any atom is 0.313 e. The van der Waals surface area contributed by atoms with Gasteiger partial charge in [-0.05, 0) is 76.6 Å². The van der Waals surface area contributed by atoms with Gasteiger partial charge >= 0.3 is 11.8 Å². The summed E-state index contributed by atoms with van der Waals surface area (Å²) in [4.78, 5) is 25.0. The normalized spacial score (nSPS) is 16.8. The fourth-order valence-corrected chi connectivity index (χ4v) is 6.97. The summed E-state index contributed by atoms with van der Waals surface area (Å²) in [6.45, 7) is 10.1. The van der Waals surface area contributed by atoms with E-state index in [4.69, 9.17) is 0 Å². The Hall–Kier alpha value is -2.71. The van der Waals surface area contributed by atoms with E-state index in [1.165, 1.54) is 0 Å². The zero-order chi connectivity index (χ0) is 25.0. The molecule has 0 aromatic heterocycles. The number of anilines is 1. The monoisotopic (exact) mass is 485 g/mol. The first kappa shape index (κ1) is 25.9. The summed E-state index contributed by atoms with van der Waals surface area (Å²) in [7, 11) is -3.66. The third kappa shape index (κ3) is 5.85. The molecule has 2 amide bonds. The van der Waals surface area contributed by atoms with Crippen LogP contribution in [0.4, 0.5) is 5.69 Å². The van der Waals surface area contributed by atoms with Crippen LogP contribution in [-0.2, 0) is 19.6 Å². The topological polar surface area (TPSA) is 95.6 Å². The fourth-order valence-electron chi connectivity index (χ4n) is 4.84. The van der Waals surface area contributed by atoms with Crippen molar-refractivity contribution in [2.75, 3.05) is 18.4 Å². The largest absolute Gasteiger partial charge is 0.348 e. The van der Waals surface area contributed by atoms with Crippen LogP contribution in [0.1, 0.15) is 53.5 Å². The van der Waals surface area contributed by atoms with Crippen molar-refractivity contribution in [3.05, 3.63) is 58.1 Å². The number of benzene rings is 2. The number of hydrogen-bond acceptors (Lipinski definition) is 4. The summed E-state index contributed by atoms with van der Waals surface area (Å²) in [6, 6.07) is 9.15. The lowest BCUT2D eigenvalue weighted by Crippen LogP contribution is -2.46. The minimum absolute atomic E-state index is 0.221. The molecule has 2 N–H and O–H groups in total. The van der Waals surface area contributed by atoms with E-state index >= 15 is 0 Å². The first-order valence-electron chi connectivity index (χ1n) is 11.8. The number of piperidine rings is 1. The summed E-state index contributed by atoms with van der Waals surface area (Å²) in [5.74, 6) is -1.46. The Labute approximate surface area is 203 Å². The lowest BCUT2D eigenvalue weighted by molar-refractivity contribution is -0.136. The van der Waals surface area contributed by atoms with E-state index in [-0.39, 0.29) is 12.6 Å². The molecule has 1 atom stereocenters. The summed E-state index contributed by atoms with van der Waals surface area (Å²) in [5, 5.41) is 5.29. The molecule has 2 aromatic carbocycles. The quantitative estimate of drug-likeness (QED) is 0.607. The van der Waals surface area contributed by atoms with Crippen molar-refractivity contribution in [1.82, 2.24) is 9.62 Å². The van der Waals surface area contributed by atoms with Crippen LogP contribution < -0.4 is 10.6 Å². The van der Waals surface area contributed by atoms with Gasteiger partial charge in [0.05, 0.1) is 4.90 Å². The molecule has 0 spiro atoms. The van der Waals surface area contributed by atoms with Gasteiger partial charge in [0.1, 0.15) is 0 Å². The Morgan fingerprint density at radius 1 is 0.912 bits per heavy atom. The second-order valence-electron chi connectivity index (χ2n) is 9.31. The summed E-state index contributed by atoms with van der Waals surface area (Å²) in [6.07, 6.45) is 2.92. The average molecular weight is 486 g/mol. The van der Waals surface area contributed by atoms with E-state index in [1.54, 1.807) is 10.4 Å². The first-order valence-corrected chi connectivity index (χ1v) is 13.2. The van der Waals surface area contributed by atoms with Gasteiger partial charge in [-0.3, -0.25) is 9.59 Å². The van der Waals surface area contributed by atoms with Crippen LogP contribution in [-0.4, -0.2) is 43.7 Å². The second-order valence-corrected chi connectivity index (χ2v) is 11.1. The van der Waals surface area contributed by atoms with Gasteiger partial charge in [0.2, 0.25) is 10.0 Å². The highest BCUT2D eigenvalue weighted by molar-refractivity contribution is 7.89. The molecule has 0 bridgehead atoms. The number of nitrogens with one attached hydrogen (secondary N) is 2. The Kier molecular flexibility index (Phi) is 8.15. The second kappa shape index (κ2) is 10.7. The predicted molar refractivity (Wildman–Crippen MR) is 134 cm³/mol. The van der Waals surface area contributed by atoms with Gasteiger partial charge < -0.3 is 10.6 Å². The molecular weight excluding hydrogens is 450 g/mol. The Morgan fingerprint density at radius 3 is 2.21 bits per heavy atom. The van der Waals surface area contributed by atoms with Crippen LogP contribution in [0.3, 0.4) is 0 Å². The molecule has 1 heterocycles. The molecule has 1 aliphatic rings. The van der Waals surface area contributed by atoms with Crippen molar-refractivity contribution in [2.45, 2.75) is 71.2 Å². The Bertz CT molecular complexity index is 1170. The third-order valence-corrected chi connectivity index (χ3v) is 8.60.